The van der Waals surface area contributed by atoms with Gasteiger partial charge in [-0.3, -0.25) is 9.78 Å². The molecule has 5 rings (SSSR count). The Morgan fingerprint density at radius 2 is 2.00 bits per heavy atom. The highest BCUT2D eigenvalue weighted by Gasteiger charge is 2.17. The third kappa shape index (κ3) is 2.97. The summed E-state index contributed by atoms with van der Waals surface area (Å²) in [4.78, 5) is 37.9. The normalized spacial score (nSPS) is 11.0. The number of thiophene rings is 1. The number of H-pyrrole nitrogens is 1. The highest BCUT2D eigenvalue weighted by atomic mass is 32.1. The van der Waals surface area contributed by atoms with E-state index in [-0.39, 0.29) is 0 Å². The number of rotatable bonds is 3. The van der Waals surface area contributed by atoms with Crippen molar-refractivity contribution in [1.29, 1.82) is 5.26 Å². The van der Waals surface area contributed by atoms with Gasteiger partial charge in [0.05, 0.1) is 30.1 Å². The molecule has 0 saturated heterocycles. The first-order chi connectivity index (χ1) is 15.1. The highest BCUT2D eigenvalue weighted by Crippen LogP contribution is 2.34. The smallest absolute Gasteiger partial charge is 0.333 e. The minimum Gasteiger partial charge on any atom is -0.481 e. The molecule has 0 spiro atoms. The summed E-state index contributed by atoms with van der Waals surface area (Å²) < 4.78 is 6.62. The Morgan fingerprint density at radius 3 is 2.81 bits per heavy atom. The average molecular weight is 427 g/mol. The minimum atomic E-state index is -0.562. The number of pyridine rings is 2. The Kier molecular flexibility index (Phi) is 4.34. The number of hydrogen-bond acceptors (Lipinski definition) is 7. The van der Waals surface area contributed by atoms with Gasteiger partial charge >= 0.3 is 5.69 Å². The zero-order valence-electron chi connectivity index (χ0n) is 16.1. The van der Waals surface area contributed by atoms with E-state index in [1.165, 1.54) is 30.8 Å². The lowest BCUT2D eigenvalue weighted by Gasteiger charge is -2.07. The van der Waals surface area contributed by atoms with E-state index >= 15 is 0 Å². The molecule has 0 amide bonds. The molecule has 0 aliphatic carbocycles. The summed E-state index contributed by atoms with van der Waals surface area (Å²) in [7, 11) is 1.48. The van der Waals surface area contributed by atoms with Crippen LogP contribution in [0.5, 0.6) is 5.88 Å². The number of benzene rings is 1. The quantitative estimate of drug-likeness (QED) is 0.473. The van der Waals surface area contributed by atoms with E-state index in [0.29, 0.717) is 37.8 Å². The van der Waals surface area contributed by atoms with Gasteiger partial charge in [0.1, 0.15) is 10.8 Å². The van der Waals surface area contributed by atoms with Gasteiger partial charge in [-0.25, -0.2) is 14.3 Å². The standard InChI is InChI=1S/C22H13N5O3S/c1-30-19-6-15(13(8-23)10-25-19)18-7-16-20(31-18)21(28)27(22(29)26-16)17-11-24-9-12-4-2-3-5-14(12)17/h2-7,9-11H,1H3,(H,26,29). The molecule has 0 unspecified atom stereocenters. The third-order valence-electron chi connectivity index (χ3n) is 4.94. The highest BCUT2D eigenvalue weighted by molar-refractivity contribution is 7.22. The monoisotopic (exact) mass is 427 g/mol. The van der Waals surface area contributed by atoms with Crippen LogP contribution in [0.4, 0.5) is 0 Å². The first-order valence-corrected chi connectivity index (χ1v) is 9.99. The van der Waals surface area contributed by atoms with Gasteiger partial charge in [-0.15, -0.1) is 11.3 Å². The molecule has 1 N–H and O–H groups in total. The van der Waals surface area contributed by atoms with E-state index in [0.717, 1.165) is 15.3 Å². The lowest BCUT2D eigenvalue weighted by atomic mass is 10.1. The van der Waals surface area contributed by atoms with Gasteiger partial charge in [-0.2, -0.15) is 5.26 Å². The largest absolute Gasteiger partial charge is 0.481 e. The van der Waals surface area contributed by atoms with Crippen LogP contribution in [0.3, 0.4) is 0 Å². The first-order valence-electron chi connectivity index (χ1n) is 9.17. The number of nitrogens with zero attached hydrogens (tertiary/aromatic N) is 4. The van der Waals surface area contributed by atoms with Crippen molar-refractivity contribution < 1.29 is 4.74 Å². The Balaban J connectivity index is 1.78. The molecule has 31 heavy (non-hydrogen) atoms. The maximum absolute atomic E-state index is 13.3. The lowest BCUT2D eigenvalue weighted by Crippen LogP contribution is -2.33. The summed E-state index contributed by atoms with van der Waals surface area (Å²) in [6.07, 6.45) is 4.60. The molecule has 150 valence electrons. The second-order valence-corrected chi connectivity index (χ2v) is 7.74. The van der Waals surface area contributed by atoms with Crippen LogP contribution in [0.15, 0.2) is 64.6 Å². The van der Waals surface area contributed by atoms with Gasteiger partial charge in [-0.05, 0) is 6.07 Å². The van der Waals surface area contributed by atoms with E-state index < -0.39 is 11.2 Å². The zero-order valence-corrected chi connectivity index (χ0v) is 16.9. The van der Waals surface area contributed by atoms with Crippen molar-refractivity contribution in [2.75, 3.05) is 7.11 Å². The summed E-state index contributed by atoms with van der Waals surface area (Å²) in [6, 6.07) is 12.8. The SMILES string of the molecule is COc1cc(-c2cc3[nH]c(=O)n(-c4cncc5ccccc45)c(=O)c3s2)c(C#N)cn1. The molecule has 0 atom stereocenters. The topological polar surface area (TPSA) is 114 Å². The van der Waals surface area contributed by atoms with Crippen LogP contribution in [0, 0.1) is 11.3 Å². The summed E-state index contributed by atoms with van der Waals surface area (Å²) >= 11 is 1.19. The van der Waals surface area contributed by atoms with E-state index in [9.17, 15) is 14.9 Å². The van der Waals surface area contributed by atoms with Crippen molar-refractivity contribution in [2.45, 2.75) is 0 Å². The van der Waals surface area contributed by atoms with Gasteiger partial charge in [0.25, 0.3) is 5.56 Å². The van der Waals surface area contributed by atoms with Crippen molar-refractivity contribution in [1.82, 2.24) is 19.5 Å². The Morgan fingerprint density at radius 1 is 1.16 bits per heavy atom. The molecule has 0 aliphatic heterocycles. The molecule has 0 radical (unpaired) electrons. The molecule has 0 saturated carbocycles. The fourth-order valence-electron chi connectivity index (χ4n) is 3.48. The number of aromatic nitrogens is 4. The molecule has 8 nitrogen and oxygen atoms in total. The van der Waals surface area contributed by atoms with Gasteiger partial charge in [0.15, 0.2) is 0 Å². The van der Waals surface area contributed by atoms with Crippen LogP contribution in [0.2, 0.25) is 0 Å². The molecule has 4 aromatic heterocycles. The zero-order chi connectivity index (χ0) is 21.5. The maximum Gasteiger partial charge on any atom is 0.333 e. The predicted octanol–water partition coefficient (Wildman–Crippen LogP) is 3.23. The first kappa shape index (κ1) is 18.7. The van der Waals surface area contributed by atoms with Gasteiger partial charge < -0.3 is 9.72 Å². The molecule has 5 aromatic rings. The predicted molar refractivity (Wildman–Crippen MR) is 118 cm³/mol. The van der Waals surface area contributed by atoms with E-state index in [2.05, 4.69) is 21.0 Å². The van der Waals surface area contributed by atoms with E-state index in [1.807, 2.05) is 24.3 Å². The Hall–Kier alpha value is -4.29. The summed E-state index contributed by atoms with van der Waals surface area (Å²) in [5, 5.41) is 11.0. The fourth-order valence-corrected chi connectivity index (χ4v) is 4.55. The van der Waals surface area contributed by atoms with Crippen molar-refractivity contribution >= 4 is 32.3 Å². The Labute approximate surface area is 178 Å². The van der Waals surface area contributed by atoms with Gasteiger partial charge in [0.2, 0.25) is 5.88 Å². The second kappa shape index (κ2) is 7.19. The van der Waals surface area contributed by atoms with Crippen LogP contribution in [0.25, 0.3) is 37.1 Å². The maximum atomic E-state index is 13.3. The van der Waals surface area contributed by atoms with E-state index in [1.54, 1.807) is 18.3 Å². The van der Waals surface area contributed by atoms with Crippen molar-refractivity contribution in [3.63, 3.8) is 0 Å². The molecular formula is C22H13N5O3S. The minimum absolute atomic E-state index is 0.341. The lowest BCUT2D eigenvalue weighted by molar-refractivity contribution is 0.398. The molecule has 0 aliphatic rings. The molecule has 4 heterocycles. The van der Waals surface area contributed by atoms with Crippen LogP contribution >= 0.6 is 11.3 Å². The molecule has 9 heteroatoms. The Bertz CT molecular complexity index is 1640. The summed E-state index contributed by atoms with van der Waals surface area (Å²) in [6.45, 7) is 0. The molecule has 0 fully saturated rings. The van der Waals surface area contributed by atoms with Crippen molar-refractivity contribution in [3.05, 3.63) is 81.4 Å². The number of hydrogen-bond donors (Lipinski definition) is 1. The van der Waals surface area contributed by atoms with Crippen molar-refractivity contribution in [3.8, 4) is 28.1 Å². The average Bonchev–Trinajstić information content (AvgIpc) is 3.23. The van der Waals surface area contributed by atoms with Gasteiger partial charge in [0, 0.05) is 39.7 Å². The molecular weight excluding hydrogens is 414 g/mol. The van der Waals surface area contributed by atoms with Crippen LogP contribution < -0.4 is 16.0 Å². The molecule has 0 bridgehead atoms. The fraction of sp³-hybridized carbons (Fsp3) is 0.0455. The number of nitriles is 1. The van der Waals surface area contributed by atoms with Crippen LogP contribution in [0.1, 0.15) is 5.56 Å². The number of fused-ring (bicyclic) bond motifs is 2. The summed E-state index contributed by atoms with van der Waals surface area (Å²) in [5.41, 5.74) is 0.714. The summed E-state index contributed by atoms with van der Waals surface area (Å²) in [5.74, 6) is 0.346. The van der Waals surface area contributed by atoms with Crippen LogP contribution in [-0.2, 0) is 0 Å². The third-order valence-corrected chi connectivity index (χ3v) is 6.09. The van der Waals surface area contributed by atoms with E-state index in [4.69, 9.17) is 4.74 Å². The number of nitrogens with one attached hydrogen (secondary N) is 1. The van der Waals surface area contributed by atoms with Crippen molar-refractivity contribution in [2.24, 2.45) is 0 Å². The number of aromatic amines is 1. The number of methoxy groups -OCH3 is 1. The number of ether oxygens (including phenoxy) is 1. The van der Waals surface area contributed by atoms with Crippen LogP contribution in [-0.4, -0.2) is 26.6 Å². The van der Waals surface area contributed by atoms with Gasteiger partial charge in [-0.1, -0.05) is 24.3 Å². The molecule has 1 aromatic carbocycles. The second-order valence-electron chi connectivity index (χ2n) is 6.69.